The van der Waals surface area contributed by atoms with Crippen LogP contribution in [0.25, 0.3) is 10.8 Å². The number of hydrogen-bond donors (Lipinski definition) is 1. The Morgan fingerprint density at radius 3 is 2.50 bits per heavy atom. The summed E-state index contributed by atoms with van der Waals surface area (Å²) >= 11 is 0. The van der Waals surface area contributed by atoms with Crippen LogP contribution < -0.4 is 5.32 Å². The van der Waals surface area contributed by atoms with Crippen LogP contribution in [0.2, 0.25) is 0 Å². The van der Waals surface area contributed by atoms with Gasteiger partial charge in [-0.1, -0.05) is 42.5 Å². The molecule has 2 unspecified atom stereocenters. The van der Waals surface area contributed by atoms with Crippen molar-refractivity contribution >= 4 is 39.1 Å². The lowest BCUT2D eigenvalue weighted by Gasteiger charge is -2.14. The lowest BCUT2D eigenvalue weighted by Crippen LogP contribution is -2.30. The predicted molar refractivity (Wildman–Crippen MR) is 112 cm³/mol. The Labute approximate surface area is 166 Å². The topological polar surface area (TPSA) is 72.5 Å². The summed E-state index contributed by atoms with van der Waals surface area (Å²) in [5, 5.41) is 4.86. The third-order valence-corrected chi connectivity index (χ3v) is 4.94. The minimum atomic E-state index is -1.01. The summed E-state index contributed by atoms with van der Waals surface area (Å²) in [6.45, 7) is 1.53. The van der Waals surface area contributed by atoms with Crippen molar-refractivity contribution in [1.29, 1.82) is 0 Å². The Balaban J connectivity index is 1.64. The molecule has 0 aliphatic rings. The van der Waals surface area contributed by atoms with Crippen LogP contribution in [0.5, 0.6) is 0 Å². The van der Waals surface area contributed by atoms with E-state index < -0.39 is 28.8 Å². The van der Waals surface area contributed by atoms with Gasteiger partial charge in [-0.2, -0.15) is 0 Å². The van der Waals surface area contributed by atoms with Gasteiger partial charge in [-0.3, -0.25) is 9.00 Å². The van der Waals surface area contributed by atoms with Crippen LogP contribution in [-0.4, -0.2) is 28.4 Å². The van der Waals surface area contributed by atoms with Crippen LogP contribution >= 0.6 is 0 Å². The van der Waals surface area contributed by atoms with E-state index in [2.05, 4.69) is 5.32 Å². The number of nitrogens with one attached hydrogen (secondary N) is 1. The Bertz CT molecular complexity index is 1050. The summed E-state index contributed by atoms with van der Waals surface area (Å²) in [7, 11) is -1.01. The fourth-order valence-corrected chi connectivity index (χ4v) is 3.46. The van der Waals surface area contributed by atoms with Crippen molar-refractivity contribution in [3.8, 4) is 0 Å². The van der Waals surface area contributed by atoms with Gasteiger partial charge in [-0.15, -0.1) is 0 Å². The number of hydrogen-bond acceptors (Lipinski definition) is 4. The van der Waals surface area contributed by atoms with Crippen LogP contribution in [0, 0.1) is 0 Å². The van der Waals surface area contributed by atoms with E-state index in [1.54, 1.807) is 30.5 Å². The van der Waals surface area contributed by atoms with Crippen molar-refractivity contribution in [3.63, 3.8) is 0 Å². The van der Waals surface area contributed by atoms with Crippen LogP contribution in [0.4, 0.5) is 5.69 Å². The lowest BCUT2D eigenvalue weighted by molar-refractivity contribution is -0.123. The molecule has 0 aliphatic carbocycles. The van der Waals surface area contributed by atoms with Gasteiger partial charge >= 0.3 is 5.97 Å². The molecule has 0 saturated heterocycles. The van der Waals surface area contributed by atoms with E-state index >= 15 is 0 Å². The minimum Gasteiger partial charge on any atom is -0.449 e. The Kier molecular flexibility index (Phi) is 6.21. The number of amides is 1. The molecule has 0 spiro atoms. The highest BCUT2D eigenvalue weighted by Crippen LogP contribution is 2.19. The number of ether oxygens (including phenoxy) is 1. The van der Waals surface area contributed by atoms with Crippen molar-refractivity contribution in [2.75, 3.05) is 11.6 Å². The molecular formula is C22H21NO4S. The smallest absolute Gasteiger partial charge is 0.338 e. The molecule has 3 aromatic rings. The molecule has 0 aromatic heterocycles. The molecule has 0 fully saturated rings. The molecule has 1 N–H and O–H groups in total. The zero-order valence-electron chi connectivity index (χ0n) is 15.7. The van der Waals surface area contributed by atoms with Crippen LogP contribution in [0.15, 0.2) is 66.7 Å². The maximum Gasteiger partial charge on any atom is 0.338 e. The molecule has 0 radical (unpaired) electrons. The first-order chi connectivity index (χ1) is 13.4. The second-order valence-electron chi connectivity index (χ2n) is 6.52. The molecule has 28 heavy (non-hydrogen) atoms. The molecule has 2 atom stereocenters. The minimum absolute atomic E-state index is 0.327. The maximum atomic E-state index is 12.4. The van der Waals surface area contributed by atoms with E-state index in [4.69, 9.17) is 4.74 Å². The van der Waals surface area contributed by atoms with Gasteiger partial charge in [0.25, 0.3) is 5.91 Å². The van der Waals surface area contributed by atoms with Crippen LogP contribution in [0.3, 0.4) is 0 Å². The van der Waals surface area contributed by atoms with E-state index in [0.29, 0.717) is 17.0 Å². The summed E-state index contributed by atoms with van der Waals surface area (Å²) < 4.78 is 16.6. The molecule has 144 valence electrons. The molecule has 3 rings (SSSR count). The highest BCUT2D eigenvalue weighted by molar-refractivity contribution is 7.83. The maximum absolute atomic E-state index is 12.4. The monoisotopic (exact) mass is 395 g/mol. The van der Waals surface area contributed by atoms with E-state index in [1.807, 2.05) is 42.5 Å². The number of fused-ring (bicyclic) bond motifs is 1. The third-order valence-electron chi connectivity index (χ3n) is 4.20. The largest absolute Gasteiger partial charge is 0.449 e. The third kappa shape index (κ3) is 5.04. The van der Waals surface area contributed by atoms with E-state index in [-0.39, 0.29) is 0 Å². The van der Waals surface area contributed by atoms with Crippen molar-refractivity contribution in [2.45, 2.75) is 18.8 Å². The van der Waals surface area contributed by atoms with Crippen LogP contribution in [-0.2, 0) is 26.1 Å². The zero-order valence-corrected chi connectivity index (χ0v) is 16.5. The highest BCUT2D eigenvalue weighted by Gasteiger charge is 2.19. The van der Waals surface area contributed by atoms with Crippen molar-refractivity contribution in [1.82, 2.24) is 0 Å². The summed E-state index contributed by atoms with van der Waals surface area (Å²) in [4.78, 5) is 24.7. The van der Waals surface area contributed by atoms with Gasteiger partial charge in [0.2, 0.25) is 0 Å². The summed E-state index contributed by atoms with van der Waals surface area (Å²) in [6, 6.07) is 20.2. The van der Waals surface area contributed by atoms with Gasteiger partial charge in [0.05, 0.1) is 5.56 Å². The fourth-order valence-electron chi connectivity index (χ4n) is 2.82. The normalized spacial score (nSPS) is 12.9. The Morgan fingerprint density at radius 1 is 1.00 bits per heavy atom. The average molecular weight is 395 g/mol. The number of benzene rings is 3. The SMILES string of the molecule is CC(OC(=O)c1cccc(CS(C)=O)c1)C(=O)Nc1ccc2ccccc2c1. The van der Waals surface area contributed by atoms with Gasteiger partial charge in [-0.25, -0.2) is 4.79 Å². The molecular weight excluding hydrogens is 374 g/mol. The first-order valence-corrected chi connectivity index (χ1v) is 10.5. The second kappa shape index (κ2) is 8.80. The fraction of sp³-hybridized carbons (Fsp3) is 0.182. The predicted octanol–water partition coefficient (Wildman–Crippen LogP) is 3.90. The molecule has 6 heteroatoms. The summed E-state index contributed by atoms with van der Waals surface area (Å²) in [5.41, 5.74) is 1.75. The molecule has 1 amide bonds. The number of carbonyl (C=O) groups is 2. The molecule has 0 aliphatic heterocycles. The molecule has 0 saturated carbocycles. The first-order valence-electron chi connectivity index (χ1n) is 8.82. The van der Waals surface area contributed by atoms with E-state index in [9.17, 15) is 13.8 Å². The first kappa shape index (κ1) is 19.8. The Hall–Kier alpha value is -2.99. The van der Waals surface area contributed by atoms with Gasteiger partial charge in [-0.05, 0) is 47.5 Å². The molecule has 0 bridgehead atoms. The van der Waals surface area contributed by atoms with Gasteiger partial charge in [0, 0.05) is 28.5 Å². The van der Waals surface area contributed by atoms with Crippen LogP contribution in [0.1, 0.15) is 22.8 Å². The highest BCUT2D eigenvalue weighted by atomic mass is 32.2. The van der Waals surface area contributed by atoms with Gasteiger partial charge < -0.3 is 10.1 Å². The Morgan fingerprint density at radius 2 is 1.75 bits per heavy atom. The summed E-state index contributed by atoms with van der Waals surface area (Å²) in [6.07, 6.45) is 0.646. The van der Waals surface area contributed by atoms with E-state index in [1.165, 1.54) is 6.92 Å². The lowest BCUT2D eigenvalue weighted by atomic mass is 10.1. The van der Waals surface area contributed by atoms with Crippen molar-refractivity contribution in [3.05, 3.63) is 77.9 Å². The quantitative estimate of drug-likeness (QED) is 0.643. The van der Waals surface area contributed by atoms with E-state index in [0.717, 1.165) is 16.3 Å². The average Bonchev–Trinajstić information content (AvgIpc) is 2.67. The molecule has 3 aromatic carbocycles. The number of anilines is 1. The second-order valence-corrected chi connectivity index (χ2v) is 7.95. The van der Waals surface area contributed by atoms with Crippen molar-refractivity contribution in [2.24, 2.45) is 0 Å². The van der Waals surface area contributed by atoms with Gasteiger partial charge in [0.1, 0.15) is 0 Å². The number of carbonyl (C=O) groups excluding carboxylic acids is 2. The summed E-state index contributed by atoms with van der Waals surface area (Å²) in [5.74, 6) is -0.640. The standard InChI is InChI=1S/C22H21NO4S/c1-15(27-22(25)19-9-5-6-16(12-19)14-28(2)26)21(24)23-20-11-10-17-7-3-4-8-18(17)13-20/h3-13,15H,14H2,1-2H3,(H,23,24). The zero-order chi connectivity index (χ0) is 20.1. The molecule has 0 heterocycles. The number of rotatable bonds is 6. The van der Waals surface area contributed by atoms with Crippen molar-refractivity contribution < 1.29 is 18.5 Å². The van der Waals surface area contributed by atoms with Gasteiger partial charge in [0.15, 0.2) is 6.10 Å². The molecule has 5 nitrogen and oxygen atoms in total. The number of esters is 1.